The number of rotatable bonds is 11. The number of unbranched alkanes of at least 4 members (excludes halogenated alkanes) is 1. The number of hydrogen-bond donors (Lipinski definition) is 2. The molecule has 154 valence electrons. The Morgan fingerprint density at radius 2 is 2.25 bits per heavy atom. The van der Waals surface area contributed by atoms with Gasteiger partial charge in [-0.1, -0.05) is 18.2 Å². The number of carbonyl (C=O) groups is 2. The molecule has 1 aliphatic rings. The van der Waals surface area contributed by atoms with Crippen molar-refractivity contribution < 1.29 is 24.5 Å². The van der Waals surface area contributed by atoms with Crippen LogP contribution in [0.25, 0.3) is 0 Å². The van der Waals surface area contributed by atoms with E-state index < -0.39 is 12.1 Å². The minimum Gasteiger partial charge on any atom is -0.480 e. The minimum atomic E-state index is -0.976. The van der Waals surface area contributed by atoms with Gasteiger partial charge in [0.25, 0.3) is 0 Å². The van der Waals surface area contributed by atoms with Crippen LogP contribution >= 0.6 is 0 Å². The predicted molar refractivity (Wildman–Crippen MR) is 105 cm³/mol. The van der Waals surface area contributed by atoms with Gasteiger partial charge in [-0.25, -0.2) is 4.79 Å². The van der Waals surface area contributed by atoms with E-state index >= 15 is 0 Å². The summed E-state index contributed by atoms with van der Waals surface area (Å²) in [6, 6.07) is 5.73. The first-order valence-electron chi connectivity index (χ1n) is 9.83. The fourth-order valence-electron chi connectivity index (χ4n) is 3.34. The van der Waals surface area contributed by atoms with Gasteiger partial charge in [0.1, 0.15) is 6.61 Å². The number of aliphatic hydroxyl groups is 1. The Hall–Kier alpha value is -2.25. The van der Waals surface area contributed by atoms with Crippen molar-refractivity contribution in [2.24, 2.45) is 0 Å². The second kappa shape index (κ2) is 11.6. The quantitative estimate of drug-likeness (QED) is 0.443. The SMILES string of the molecule is Cc1cccc(CC(O)/C=C/[C@H]2CCCC(=O)N2CCCCOCC(=O)O)n1. The zero-order valence-corrected chi connectivity index (χ0v) is 16.4. The van der Waals surface area contributed by atoms with Crippen molar-refractivity contribution in [2.75, 3.05) is 19.8 Å². The molecule has 2 N–H and O–H groups in total. The van der Waals surface area contributed by atoms with Crippen molar-refractivity contribution in [3.05, 3.63) is 41.7 Å². The van der Waals surface area contributed by atoms with Crippen molar-refractivity contribution in [3.8, 4) is 0 Å². The fourth-order valence-corrected chi connectivity index (χ4v) is 3.34. The number of amides is 1. The highest BCUT2D eigenvalue weighted by Gasteiger charge is 2.25. The molecular weight excluding hydrogens is 360 g/mol. The molecule has 1 unspecified atom stereocenters. The van der Waals surface area contributed by atoms with Crippen LogP contribution in [0.5, 0.6) is 0 Å². The number of carboxylic acids is 1. The van der Waals surface area contributed by atoms with Crippen LogP contribution in [0, 0.1) is 6.92 Å². The standard InChI is InChI=1S/C21H30N2O5/c1-16-6-4-7-17(22-16)14-19(24)11-10-18-8-5-9-20(25)23(18)12-2-3-13-28-15-21(26)27/h4,6-7,10-11,18-19,24H,2-3,5,8-9,12-15H2,1H3,(H,26,27)/b11-10+/t18-,19?/m1/s1. The molecule has 0 radical (unpaired) electrons. The lowest BCUT2D eigenvalue weighted by molar-refractivity contribution is -0.142. The lowest BCUT2D eigenvalue weighted by atomic mass is 9.99. The van der Waals surface area contributed by atoms with Crippen LogP contribution in [0.15, 0.2) is 30.4 Å². The van der Waals surface area contributed by atoms with Gasteiger partial charge in [0.2, 0.25) is 5.91 Å². The highest BCUT2D eigenvalue weighted by atomic mass is 16.5. The van der Waals surface area contributed by atoms with Crippen LogP contribution in [0.4, 0.5) is 0 Å². The summed E-state index contributed by atoms with van der Waals surface area (Å²) in [5.41, 5.74) is 1.76. The van der Waals surface area contributed by atoms with Gasteiger partial charge in [0.05, 0.1) is 12.1 Å². The third kappa shape index (κ3) is 7.78. The number of likely N-dealkylation sites (tertiary alicyclic amines) is 1. The maximum Gasteiger partial charge on any atom is 0.329 e. The van der Waals surface area contributed by atoms with Crippen LogP contribution in [0.1, 0.15) is 43.5 Å². The Bertz CT molecular complexity index is 677. The van der Waals surface area contributed by atoms with E-state index in [4.69, 9.17) is 9.84 Å². The zero-order valence-electron chi connectivity index (χ0n) is 16.4. The highest BCUT2D eigenvalue weighted by Crippen LogP contribution is 2.20. The van der Waals surface area contributed by atoms with Gasteiger partial charge >= 0.3 is 5.97 Å². The molecule has 2 atom stereocenters. The molecule has 1 saturated heterocycles. The first-order chi connectivity index (χ1) is 13.5. The average Bonchev–Trinajstić information content (AvgIpc) is 2.64. The van der Waals surface area contributed by atoms with Gasteiger partial charge in [0.15, 0.2) is 0 Å². The summed E-state index contributed by atoms with van der Waals surface area (Å²) in [5.74, 6) is -0.849. The molecular formula is C21H30N2O5. The molecule has 7 nitrogen and oxygen atoms in total. The van der Waals surface area contributed by atoms with Crippen molar-refractivity contribution in [1.29, 1.82) is 0 Å². The molecule has 1 amide bonds. The maximum absolute atomic E-state index is 12.3. The Labute approximate surface area is 166 Å². The summed E-state index contributed by atoms with van der Waals surface area (Å²) in [7, 11) is 0. The number of aryl methyl sites for hydroxylation is 1. The number of piperidine rings is 1. The van der Waals surface area contributed by atoms with Crippen molar-refractivity contribution >= 4 is 11.9 Å². The summed E-state index contributed by atoms with van der Waals surface area (Å²) >= 11 is 0. The average molecular weight is 390 g/mol. The molecule has 2 heterocycles. The van der Waals surface area contributed by atoms with Crippen molar-refractivity contribution in [1.82, 2.24) is 9.88 Å². The van der Waals surface area contributed by atoms with E-state index in [2.05, 4.69) is 4.98 Å². The van der Waals surface area contributed by atoms with Crippen molar-refractivity contribution in [2.45, 2.75) is 57.6 Å². The summed E-state index contributed by atoms with van der Waals surface area (Å²) in [5, 5.41) is 18.8. The normalized spacial score (nSPS) is 18.6. The molecule has 1 aliphatic heterocycles. The van der Waals surface area contributed by atoms with E-state index in [-0.39, 0.29) is 18.6 Å². The number of carbonyl (C=O) groups excluding carboxylic acids is 1. The van der Waals surface area contributed by atoms with Crippen LogP contribution in [0.3, 0.4) is 0 Å². The first-order valence-corrected chi connectivity index (χ1v) is 9.83. The number of aromatic nitrogens is 1. The Kier molecular flexibility index (Phi) is 9.10. The summed E-state index contributed by atoms with van der Waals surface area (Å²) in [6.07, 6.45) is 7.23. The van der Waals surface area contributed by atoms with E-state index in [0.29, 0.717) is 32.4 Å². The van der Waals surface area contributed by atoms with Gasteiger partial charge in [-0.3, -0.25) is 9.78 Å². The second-order valence-corrected chi connectivity index (χ2v) is 7.13. The molecule has 0 aliphatic carbocycles. The monoisotopic (exact) mass is 390 g/mol. The summed E-state index contributed by atoms with van der Waals surface area (Å²) < 4.78 is 5.03. The van der Waals surface area contributed by atoms with E-state index in [9.17, 15) is 14.7 Å². The number of aliphatic carboxylic acids is 1. The first kappa shape index (κ1) is 22.0. The molecule has 2 rings (SSSR count). The minimum absolute atomic E-state index is 0.0127. The summed E-state index contributed by atoms with van der Waals surface area (Å²) in [6.45, 7) is 2.61. The van der Waals surface area contributed by atoms with Gasteiger partial charge in [0, 0.05) is 37.4 Å². The van der Waals surface area contributed by atoms with Crippen molar-refractivity contribution in [3.63, 3.8) is 0 Å². The van der Waals surface area contributed by atoms with E-state index in [1.54, 1.807) is 6.08 Å². The van der Waals surface area contributed by atoms with Crippen LogP contribution in [-0.4, -0.2) is 63.9 Å². The van der Waals surface area contributed by atoms with Crippen LogP contribution in [-0.2, 0) is 20.7 Å². The predicted octanol–water partition coefficient (Wildman–Crippen LogP) is 2.11. The van der Waals surface area contributed by atoms with Gasteiger partial charge < -0.3 is 19.8 Å². The van der Waals surface area contributed by atoms with E-state index in [0.717, 1.165) is 30.7 Å². The number of pyridine rings is 1. The molecule has 0 bridgehead atoms. The molecule has 0 spiro atoms. The fraction of sp³-hybridized carbons (Fsp3) is 0.571. The number of hydrogen-bond acceptors (Lipinski definition) is 5. The Morgan fingerprint density at radius 3 is 3.00 bits per heavy atom. The van der Waals surface area contributed by atoms with Gasteiger partial charge in [-0.15, -0.1) is 0 Å². The highest BCUT2D eigenvalue weighted by molar-refractivity contribution is 5.77. The number of aliphatic hydroxyl groups excluding tert-OH is 1. The van der Waals surface area contributed by atoms with Gasteiger partial charge in [-0.05, 0) is 44.7 Å². The molecule has 0 aromatic carbocycles. The molecule has 0 saturated carbocycles. The lowest BCUT2D eigenvalue weighted by Crippen LogP contribution is -2.43. The van der Waals surface area contributed by atoms with E-state index in [1.807, 2.05) is 36.1 Å². The van der Waals surface area contributed by atoms with Crippen LogP contribution < -0.4 is 0 Å². The Balaban J connectivity index is 1.82. The number of ether oxygens (including phenoxy) is 1. The number of carboxylic acid groups (broad SMARTS) is 1. The number of nitrogens with zero attached hydrogens (tertiary/aromatic N) is 2. The zero-order chi connectivity index (χ0) is 20.4. The topological polar surface area (TPSA) is 100.0 Å². The molecule has 7 heteroatoms. The molecule has 1 fully saturated rings. The maximum atomic E-state index is 12.3. The van der Waals surface area contributed by atoms with Gasteiger partial charge in [-0.2, -0.15) is 0 Å². The smallest absolute Gasteiger partial charge is 0.329 e. The third-order valence-electron chi connectivity index (χ3n) is 4.69. The molecule has 28 heavy (non-hydrogen) atoms. The second-order valence-electron chi connectivity index (χ2n) is 7.13. The molecule has 1 aromatic rings. The third-order valence-corrected chi connectivity index (χ3v) is 4.69. The molecule has 1 aromatic heterocycles. The lowest BCUT2D eigenvalue weighted by Gasteiger charge is -2.34. The Morgan fingerprint density at radius 1 is 1.43 bits per heavy atom. The van der Waals surface area contributed by atoms with Crippen LogP contribution in [0.2, 0.25) is 0 Å². The summed E-state index contributed by atoms with van der Waals surface area (Å²) in [4.78, 5) is 29.0. The largest absolute Gasteiger partial charge is 0.480 e. The van der Waals surface area contributed by atoms with E-state index in [1.165, 1.54) is 0 Å².